The van der Waals surface area contributed by atoms with E-state index in [1.54, 1.807) is 16.7 Å². The predicted molar refractivity (Wildman–Crippen MR) is 124 cm³/mol. The minimum absolute atomic E-state index is 0.0615. The van der Waals surface area contributed by atoms with Gasteiger partial charge in [-0.05, 0) is 43.5 Å². The van der Waals surface area contributed by atoms with Crippen molar-refractivity contribution in [3.05, 3.63) is 82.4 Å². The molecule has 3 aromatic rings. The van der Waals surface area contributed by atoms with Gasteiger partial charge in [-0.1, -0.05) is 36.4 Å². The maximum absolute atomic E-state index is 13.2. The molecule has 5 rings (SSSR count). The first-order valence-electron chi connectivity index (χ1n) is 11.2. The smallest absolute Gasteiger partial charge is 0.290 e. The quantitative estimate of drug-likeness (QED) is 0.601. The van der Waals surface area contributed by atoms with Crippen LogP contribution in [0, 0.1) is 5.41 Å². The molecule has 1 spiro atoms. The molecule has 172 valence electrons. The Bertz CT molecular complexity index is 1180. The van der Waals surface area contributed by atoms with Crippen molar-refractivity contribution < 1.29 is 14.7 Å². The third kappa shape index (κ3) is 4.96. The topological polar surface area (TPSA) is 95.2 Å². The molecule has 1 unspecified atom stereocenters. The third-order valence-corrected chi connectivity index (χ3v) is 6.56. The highest BCUT2D eigenvalue weighted by Crippen LogP contribution is 2.41. The van der Waals surface area contributed by atoms with Crippen molar-refractivity contribution >= 4 is 18.0 Å². The molecule has 1 atom stereocenters. The number of hydrogen-bond acceptors (Lipinski definition) is 5. The van der Waals surface area contributed by atoms with E-state index >= 15 is 0 Å². The van der Waals surface area contributed by atoms with E-state index < -0.39 is 0 Å². The molecule has 1 N–H and O–H groups in total. The van der Waals surface area contributed by atoms with Gasteiger partial charge in [0.2, 0.25) is 5.91 Å². The van der Waals surface area contributed by atoms with E-state index in [0.29, 0.717) is 18.1 Å². The molecular formula is C25H28N4O4. The molecule has 1 amide bonds. The summed E-state index contributed by atoms with van der Waals surface area (Å²) in [5.74, 6) is 0.299. The Morgan fingerprint density at radius 3 is 2.55 bits per heavy atom. The highest BCUT2D eigenvalue weighted by Gasteiger charge is 2.50. The van der Waals surface area contributed by atoms with E-state index in [4.69, 9.17) is 9.90 Å². The van der Waals surface area contributed by atoms with Crippen molar-refractivity contribution in [2.75, 3.05) is 26.2 Å². The lowest BCUT2D eigenvalue weighted by Gasteiger charge is -2.23. The van der Waals surface area contributed by atoms with E-state index in [2.05, 4.69) is 22.0 Å². The number of rotatable bonds is 5. The summed E-state index contributed by atoms with van der Waals surface area (Å²) in [6.07, 6.45) is 4.45. The first-order valence-corrected chi connectivity index (χ1v) is 11.2. The zero-order valence-corrected chi connectivity index (χ0v) is 18.5. The van der Waals surface area contributed by atoms with Crippen LogP contribution in [0.3, 0.4) is 0 Å². The van der Waals surface area contributed by atoms with Gasteiger partial charge in [0.25, 0.3) is 12.0 Å². The number of aromatic nitrogens is 2. The number of likely N-dealkylation sites (tertiary alicyclic amines) is 2. The van der Waals surface area contributed by atoms with Gasteiger partial charge in [-0.3, -0.25) is 23.7 Å². The SMILES string of the molecule is O=C1N(CCc2ccccc2)CCC12CCN(Cc1cc(=O)n3ccccc3n1)C2.O=CO. The van der Waals surface area contributed by atoms with E-state index in [-0.39, 0.29) is 17.4 Å². The van der Waals surface area contributed by atoms with E-state index in [1.807, 2.05) is 41.3 Å². The molecule has 0 saturated carbocycles. The maximum atomic E-state index is 13.2. The number of benzene rings is 1. The summed E-state index contributed by atoms with van der Waals surface area (Å²) in [7, 11) is 0. The number of amides is 1. The first-order chi connectivity index (χ1) is 16.0. The molecule has 0 radical (unpaired) electrons. The van der Waals surface area contributed by atoms with Gasteiger partial charge in [0.05, 0.1) is 11.1 Å². The normalized spacial score (nSPS) is 20.2. The van der Waals surface area contributed by atoms with Crippen LogP contribution >= 0.6 is 0 Å². The Morgan fingerprint density at radius 1 is 1.03 bits per heavy atom. The number of carboxylic acid groups (broad SMARTS) is 1. The predicted octanol–water partition coefficient (Wildman–Crippen LogP) is 2.06. The zero-order chi connectivity index (χ0) is 23.3. The molecule has 8 nitrogen and oxygen atoms in total. The Balaban J connectivity index is 0.000000821. The lowest BCUT2D eigenvalue weighted by molar-refractivity contribution is -0.135. The molecule has 2 fully saturated rings. The average molecular weight is 449 g/mol. The van der Waals surface area contributed by atoms with Gasteiger partial charge < -0.3 is 10.0 Å². The third-order valence-electron chi connectivity index (χ3n) is 6.56. The summed E-state index contributed by atoms with van der Waals surface area (Å²) in [5.41, 5.74) is 2.39. The lowest BCUT2D eigenvalue weighted by atomic mass is 9.85. The van der Waals surface area contributed by atoms with Gasteiger partial charge in [-0.25, -0.2) is 4.98 Å². The van der Waals surface area contributed by atoms with Gasteiger partial charge in [-0.2, -0.15) is 0 Å². The van der Waals surface area contributed by atoms with Crippen LogP contribution in [0.5, 0.6) is 0 Å². The van der Waals surface area contributed by atoms with Gasteiger partial charge in [0.1, 0.15) is 5.65 Å². The van der Waals surface area contributed by atoms with Gasteiger partial charge in [0, 0.05) is 38.4 Å². The van der Waals surface area contributed by atoms with Crippen molar-refractivity contribution in [2.24, 2.45) is 5.41 Å². The number of hydrogen-bond donors (Lipinski definition) is 1. The second-order valence-corrected chi connectivity index (χ2v) is 8.64. The van der Waals surface area contributed by atoms with Crippen molar-refractivity contribution in [3.8, 4) is 0 Å². The van der Waals surface area contributed by atoms with Crippen molar-refractivity contribution in [1.29, 1.82) is 0 Å². The fourth-order valence-corrected chi connectivity index (χ4v) is 4.90. The number of carbonyl (C=O) groups excluding carboxylic acids is 1. The summed E-state index contributed by atoms with van der Waals surface area (Å²) in [6.45, 7) is 3.61. The molecule has 2 aliphatic heterocycles. The standard InChI is InChI=1S/C24H26N4O2.CH2O2/c29-22-16-20(25-21-8-4-5-12-28(21)22)17-26-14-10-24(18-26)11-15-27(23(24)30)13-9-19-6-2-1-3-7-19;2-1-3/h1-8,12,16H,9-11,13-15,17-18H2;1H,(H,2,3). The summed E-state index contributed by atoms with van der Waals surface area (Å²) >= 11 is 0. The van der Waals surface area contributed by atoms with Crippen LogP contribution in [0.4, 0.5) is 0 Å². The molecule has 33 heavy (non-hydrogen) atoms. The van der Waals surface area contributed by atoms with Crippen molar-refractivity contribution in [1.82, 2.24) is 19.2 Å². The minimum atomic E-state index is -0.261. The molecule has 2 aromatic heterocycles. The van der Waals surface area contributed by atoms with E-state index in [9.17, 15) is 9.59 Å². The molecule has 2 saturated heterocycles. The highest BCUT2D eigenvalue weighted by molar-refractivity contribution is 5.85. The average Bonchev–Trinajstić information content (AvgIpc) is 3.37. The number of fused-ring (bicyclic) bond motifs is 1. The maximum Gasteiger partial charge on any atom is 0.290 e. The molecule has 2 aliphatic rings. The Kier molecular flexibility index (Phi) is 6.84. The fraction of sp³-hybridized carbons (Fsp3) is 0.360. The molecule has 4 heterocycles. The summed E-state index contributed by atoms with van der Waals surface area (Å²) < 4.78 is 1.56. The molecular weight excluding hydrogens is 420 g/mol. The highest BCUT2D eigenvalue weighted by atomic mass is 16.3. The molecule has 0 aliphatic carbocycles. The van der Waals surface area contributed by atoms with Crippen LogP contribution < -0.4 is 5.56 Å². The zero-order valence-electron chi connectivity index (χ0n) is 18.5. The first kappa shape index (κ1) is 22.7. The Hall–Kier alpha value is -3.52. The fourth-order valence-electron chi connectivity index (χ4n) is 4.90. The summed E-state index contributed by atoms with van der Waals surface area (Å²) in [5, 5.41) is 6.89. The van der Waals surface area contributed by atoms with Crippen LogP contribution in [-0.4, -0.2) is 62.8 Å². The van der Waals surface area contributed by atoms with E-state index in [0.717, 1.165) is 51.1 Å². The molecule has 0 bridgehead atoms. The van der Waals surface area contributed by atoms with Crippen LogP contribution in [-0.2, 0) is 22.6 Å². The number of nitrogens with zero attached hydrogens (tertiary/aromatic N) is 4. The molecule has 1 aromatic carbocycles. The number of pyridine rings is 1. The van der Waals surface area contributed by atoms with Crippen LogP contribution in [0.15, 0.2) is 65.6 Å². The van der Waals surface area contributed by atoms with Crippen molar-refractivity contribution in [3.63, 3.8) is 0 Å². The van der Waals surface area contributed by atoms with Crippen LogP contribution in [0.25, 0.3) is 5.65 Å². The van der Waals surface area contributed by atoms with Crippen LogP contribution in [0.2, 0.25) is 0 Å². The Labute approximate surface area is 192 Å². The number of carbonyl (C=O) groups is 2. The van der Waals surface area contributed by atoms with Gasteiger partial charge >= 0.3 is 0 Å². The monoisotopic (exact) mass is 448 g/mol. The lowest BCUT2D eigenvalue weighted by Crippen LogP contribution is -2.37. The van der Waals surface area contributed by atoms with Crippen LogP contribution in [0.1, 0.15) is 24.1 Å². The second-order valence-electron chi connectivity index (χ2n) is 8.64. The van der Waals surface area contributed by atoms with Gasteiger partial charge in [0.15, 0.2) is 0 Å². The summed E-state index contributed by atoms with van der Waals surface area (Å²) in [4.78, 5) is 42.9. The summed E-state index contributed by atoms with van der Waals surface area (Å²) in [6, 6.07) is 17.5. The molecule has 8 heteroatoms. The van der Waals surface area contributed by atoms with Gasteiger partial charge in [-0.15, -0.1) is 0 Å². The van der Waals surface area contributed by atoms with Crippen molar-refractivity contribution in [2.45, 2.75) is 25.8 Å². The minimum Gasteiger partial charge on any atom is -0.483 e. The second kappa shape index (κ2) is 9.95. The Morgan fingerprint density at radius 2 is 1.76 bits per heavy atom. The largest absolute Gasteiger partial charge is 0.483 e. The van der Waals surface area contributed by atoms with E-state index in [1.165, 1.54) is 5.56 Å².